The average Bonchev–Trinajstić information content (AvgIpc) is 3.53. The molecule has 170 valence electrons. The van der Waals surface area contributed by atoms with E-state index in [-0.39, 0.29) is 0 Å². The summed E-state index contributed by atoms with van der Waals surface area (Å²) in [5.41, 5.74) is 4.19. The maximum Gasteiger partial charge on any atom is 0.152 e. The lowest BCUT2D eigenvalue weighted by Crippen LogP contribution is -2.48. The van der Waals surface area contributed by atoms with E-state index in [2.05, 4.69) is 39.4 Å². The first kappa shape index (κ1) is 21.8. The summed E-state index contributed by atoms with van der Waals surface area (Å²) < 4.78 is 7.60. The van der Waals surface area contributed by atoms with Gasteiger partial charge < -0.3 is 14.6 Å². The highest BCUT2D eigenvalue weighted by atomic mass is 35.5. The largest absolute Gasteiger partial charge is 0.463 e. The van der Waals surface area contributed by atoms with Crippen LogP contribution in [0, 0.1) is 0 Å². The fraction of sp³-hybridized carbons (Fsp3) is 0.269. The number of nitrogens with zero attached hydrogens (tertiary/aromatic N) is 4. The molecule has 0 spiro atoms. The summed E-state index contributed by atoms with van der Waals surface area (Å²) in [7, 11) is 0. The molecule has 1 aliphatic heterocycles. The van der Waals surface area contributed by atoms with Crippen LogP contribution in [0.15, 0.2) is 83.5 Å². The second-order valence-electron chi connectivity index (χ2n) is 8.23. The molecule has 4 aromatic rings. The fourth-order valence-electron chi connectivity index (χ4n) is 4.24. The van der Waals surface area contributed by atoms with Crippen LogP contribution in [0.5, 0.6) is 0 Å². The molecule has 0 radical (unpaired) electrons. The molecule has 0 unspecified atom stereocenters. The minimum atomic E-state index is 0.718. The van der Waals surface area contributed by atoms with Crippen molar-refractivity contribution >= 4 is 17.3 Å². The number of piperazine rings is 1. The molecule has 1 saturated heterocycles. The average molecular weight is 462 g/mol. The minimum Gasteiger partial charge on any atom is -0.463 e. The number of nitrogens with one attached hydrogen (secondary N) is 1. The maximum atomic E-state index is 6.15. The van der Waals surface area contributed by atoms with Gasteiger partial charge in [-0.05, 0) is 48.5 Å². The van der Waals surface area contributed by atoms with Crippen LogP contribution in [0.1, 0.15) is 5.69 Å². The van der Waals surface area contributed by atoms with Crippen molar-refractivity contribution in [3.8, 4) is 17.1 Å². The fourth-order valence-corrected chi connectivity index (χ4v) is 4.42. The van der Waals surface area contributed by atoms with Gasteiger partial charge in [0, 0.05) is 56.5 Å². The molecule has 0 saturated carbocycles. The lowest BCUT2D eigenvalue weighted by atomic mass is 10.2. The standard InChI is InChI=1S/C26H28ClN5O/c27-21-6-4-9-24(18-21)31-15-13-30(14-16-31)12-11-28-20-22-19-25(26-10-5-17-33-26)32(29-22)23-7-2-1-3-8-23/h1-10,17-19,28H,11-16,20H2. The van der Waals surface area contributed by atoms with E-state index in [9.17, 15) is 0 Å². The molecule has 6 nitrogen and oxygen atoms in total. The number of rotatable bonds is 8. The van der Waals surface area contributed by atoms with Gasteiger partial charge in [0.05, 0.1) is 17.6 Å². The Morgan fingerprint density at radius 3 is 2.45 bits per heavy atom. The molecule has 0 bridgehead atoms. The van der Waals surface area contributed by atoms with Gasteiger partial charge in [0.1, 0.15) is 5.69 Å². The monoisotopic (exact) mass is 461 g/mol. The van der Waals surface area contributed by atoms with Crippen molar-refractivity contribution in [2.45, 2.75) is 6.54 Å². The summed E-state index contributed by atoms with van der Waals surface area (Å²) >= 11 is 6.15. The summed E-state index contributed by atoms with van der Waals surface area (Å²) in [6.45, 7) is 6.82. The van der Waals surface area contributed by atoms with E-state index in [1.807, 2.05) is 53.2 Å². The highest BCUT2D eigenvalue weighted by Gasteiger charge is 2.17. The Morgan fingerprint density at radius 1 is 0.879 bits per heavy atom. The van der Waals surface area contributed by atoms with Crippen molar-refractivity contribution in [2.24, 2.45) is 0 Å². The van der Waals surface area contributed by atoms with Gasteiger partial charge in [-0.1, -0.05) is 35.9 Å². The molecule has 5 rings (SSSR count). The Labute approximate surface area is 199 Å². The van der Waals surface area contributed by atoms with E-state index < -0.39 is 0 Å². The van der Waals surface area contributed by atoms with Crippen molar-refractivity contribution < 1.29 is 4.42 Å². The number of benzene rings is 2. The van der Waals surface area contributed by atoms with E-state index in [4.69, 9.17) is 21.1 Å². The van der Waals surface area contributed by atoms with Crippen molar-refractivity contribution in [2.75, 3.05) is 44.2 Å². The highest BCUT2D eigenvalue weighted by molar-refractivity contribution is 6.30. The van der Waals surface area contributed by atoms with Crippen molar-refractivity contribution in [1.82, 2.24) is 20.0 Å². The topological polar surface area (TPSA) is 49.5 Å². The second-order valence-corrected chi connectivity index (χ2v) is 8.67. The molecule has 2 aromatic heterocycles. The van der Waals surface area contributed by atoms with E-state index in [1.54, 1.807) is 6.26 Å². The predicted octanol–water partition coefficient (Wildman–Crippen LogP) is 4.70. The minimum absolute atomic E-state index is 0.718. The summed E-state index contributed by atoms with van der Waals surface area (Å²) in [5.74, 6) is 0.815. The van der Waals surface area contributed by atoms with E-state index in [0.717, 1.165) is 73.7 Å². The summed E-state index contributed by atoms with van der Waals surface area (Å²) in [6, 6.07) is 24.3. The van der Waals surface area contributed by atoms with Crippen LogP contribution in [0.4, 0.5) is 5.69 Å². The lowest BCUT2D eigenvalue weighted by molar-refractivity contribution is 0.257. The van der Waals surface area contributed by atoms with Gasteiger partial charge >= 0.3 is 0 Å². The molecular weight excluding hydrogens is 434 g/mol. The van der Waals surface area contributed by atoms with Crippen LogP contribution in [0.2, 0.25) is 5.02 Å². The summed E-state index contributed by atoms with van der Waals surface area (Å²) in [6.07, 6.45) is 1.70. The third-order valence-corrected chi connectivity index (χ3v) is 6.23. The number of aromatic nitrogens is 2. The molecule has 2 aromatic carbocycles. The second kappa shape index (κ2) is 10.3. The van der Waals surface area contributed by atoms with E-state index in [0.29, 0.717) is 0 Å². The third-order valence-electron chi connectivity index (χ3n) is 5.99. The Bertz CT molecular complexity index is 1150. The Balaban J connectivity index is 1.14. The van der Waals surface area contributed by atoms with Crippen LogP contribution < -0.4 is 10.2 Å². The van der Waals surface area contributed by atoms with Gasteiger partial charge in [-0.2, -0.15) is 5.10 Å². The molecule has 3 heterocycles. The smallest absolute Gasteiger partial charge is 0.152 e. The van der Waals surface area contributed by atoms with Crippen LogP contribution in [0.3, 0.4) is 0 Å². The zero-order valence-electron chi connectivity index (χ0n) is 18.5. The molecule has 0 aliphatic carbocycles. The number of hydrogen-bond acceptors (Lipinski definition) is 5. The lowest BCUT2D eigenvalue weighted by Gasteiger charge is -2.36. The SMILES string of the molecule is Clc1cccc(N2CCN(CCNCc3cc(-c4ccco4)n(-c4ccccc4)n3)CC2)c1. The van der Waals surface area contributed by atoms with Crippen LogP contribution in [-0.4, -0.2) is 53.9 Å². The van der Waals surface area contributed by atoms with Gasteiger partial charge in [-0.15, -0.1) is 0 Å². The van der Waals surface area contributed by atoms with Crippen LogP contribution in [-0.2, 0) is 6.54 Å². The highest BCUT2D eigenvalue weighted by Crippen LogP contribution is 2.24. The number of para-hydroxylation sites is 1. The van der Waals surface area contributed by atoms with Gasteiger partial charge in [-0.25, -0.2) is 4.68 Å². The first-order valence-electron chi connectivity index (χ1n) is 11.4. The van der Waals surface area contributed by atoms with Gasteiger partial charge in [0.25, 0.3) is 0 Å². The van der Waals surface area contributed by atoms with Crippen LogP contribution >= 0.6 is 11.6 Å². The molecular formula is C26H28ClN5O. The van der Waals surface area contributed by atoms with Gasteiger partial charge in [0.2, 0.25) is 0 Å². The first-order valence-corrected chi connectivity index (χ1v) is 11.8. The zero-order chi connectivity index (χ0) is 22.5. The van der Waals surface area contributed by atoms with Crippen molar-refractivity contribution in [1.29, 1.82) is 0 Å². The predicted molar refractivity (Wildman–Crippen MR) is 133 cm³/mol. The number of halogens is 1. The number of anilines is 1. The first-order chi connectivity index (χ1) is 16.3. The third kappa shape index (κ3) is 5.30. The summed E-state index contributed by atoms with van der Waals surface area (Å²) in [4.78, 5) is 4.91. The van der Waals surface area contributed by atoms with E-state index >= 15 is 0 Å². The molecule has 33 heavy (non-hydrogen) atoms. The molecule has 1 aliphatic rings. The number of furan rings is 1. The molecule has 0 amide bonds. The maximum absolute atomic E-state index is 6.15. The quantitative estimate of drug-likeness (QED) is 0.385. The molecule has 7 heteroatoms. The Morgan fingerprint density at radius 2 is 1.70 bits per heavy atom. The molecule has 1 fully saturated rings. The number of hydrogen-bond donors (Lipinski definition) is 1. The van der Waals surface area contributed by atoms with Crippen molar-refractivity contribution in [3.05, 3.63) is 89.8 Å². The van der Waals surface area contributed by atoms with Gasteiger partial charge in [-0.3, -0.25) is 4.90 Å². The normalized spacial score (nSPS) is 14.6. The zero-order valence-corrected chi connectivity index (χ0v) is 19.3. The van der Waals surface area contributed by atoms with Crippen molar-refractivity contribution in [3.63, 3.8) is 0 Å². The molecule has 0 atom stereocenters. The molecule has 1 N–H and O–H groups in total. The van der Waals surface area contributed by atoms with Crippen LogP contribution in [0.25, 0.3) is 17.1 Å². The van der Waals surface area contributed by atoms with E-state index in [1.165, 1.54) is 5.69 Å². The van der Waals surface area contributed by atoms with Gasteiger partial charge in [0.15, 0.2) is 5.76 Å². The Hall–Kier alpha value is -3.06. The Kier molecular flexibility index (Phi) is 6.76. The summed E-state index contributed by atoms with van der Waals surface area (Å²) in [5, 5.41) is 9.19.